The summed E-state index contributed by atoms with van der Waals surface area (Å²) in [5.74, 6) is 0. The van der Waals surface area contributed by atoms with Crippen molar-refractivity contribution in [3.05, 3.63) is 54.1 Å². The fraction of sp³-hybridized carbons (Fsp3) is 0.409. The highest BCUT2D eigenvalue weighted by atomic mass is 16.3. The summed E-state index contributed by atoms with van der Waals surface area (Å²) in [5, 5.41) is 13.8. The Hall–Kier alpha value is -2.37. The highest BCUT2D eigenvalue weighted by Gasteiger charge is 2.35. The molecule has 3 rings (SSSR count). The lowest BCUT2D eigenvalue weighted by molar-refractivity contribution is -0.0333. The maximum Gasteiger partial charge on any atom is 0.321 e. The zero-order valence-electron chi connectivity index (χ0n) is 16.4. The molecule has 27 heavy (non-hydrogen) atoms. The number of hydrogen-bond donors (Lipinski definition) is 2. The molecule has 2 aromatic carbocycles. The third-order valence-corrected chi connectivity index (χ3v) is 5.02. The molecule has 0 aliphatic carbocycles. The minimum absolute atomic E-state index is 0.159. The molecule has 2 amide bonds. The number of nitrogens with zero attached hydrogens (tertiary/aromatic N) is 2. The number of β-amino-alcohol motifs (C(OH)–C–C–N with tert-alkyl or cyclic N) is 1. The second-order valence-corrected chi connectivity index (χ2v) is 7.81. The fourth-order valence-electron chi connectivity index (χ4n) is 3.87. The zero-order valence-corrected chi connectivity index (χ0v) is 16.4. The summed E-state index contributed by atoms with van der Waals surface area (Å²) in [7, 11) is 3.88. The largest absolute Gasteiger partial charge is 0.387 e. The fourth-order valence-corrected chi connectivity index (χ4v) is 3.87. The second kappa shape index (κ2) is 8.11. The van der Waals surface area contributed by atoms with Crippen molar-refractivity contribution in [2.45, 2.75) is 25.4 Å². The molecule has 0 saturated carbocycles. The van der Waals surface area contributed by atoms with E-state index < -0.39 is 5.60 Å². The van der Waals surface area contributed by atoms with Gasteiger partial charge in [0.05, 0.1) is 12.1 Å². The van der Waals surface area contributed by atoms with Gasteiger partial charge in [-0.2, -0.15) is 0 Å². The molecule has 0 radical (unpaired) electrons. The van der Waals surface area contributed by atoms with Gasteiger partial charge in [0.1, 0.15) is 0 Å². The van der Waals surface area contributed by atoms with Crippen LogP contribution >= 0.6 is 0 Å². The zero-order chi connectivity index (χ0) is 19.4. The van der Waals surface area contributed by atoms with Crippen molar-refractivity contribution in [3.63, 3.8) is 0 Å². The van der Waals surface area contributed by atoms with Crippen LogP contribution in [0.1, 0.15) is 18.4 Å². The molecule has 1 heterocycles. The summed E-state index contributed by atoms with van der Waals surface area (Å²) in [4.78, 5) is 16.4. The Morgan fingerprint density at radius 1 is 1.22 bits per heavy atom. The first-order valence-electron chi connectivity index (χ1n) is 9.45. The van der Waals surface area contributed by atoms with Crippen LogP contribution in [0.2, 0.25) is 0 Å². The van der Waals surface area contributed by atoms with E-state index in [-0.39, 0.29) is 6.03 Å². The van der Waals surface area contributed by atoms with E-state index in [2.05, 4.69) is 30.4 Å². The van der Waals surface area contributed by atoms with E-state index in [4.69, 9.17) is 0 Å². The number of likely N-dealkylation sites (tertiary alicyclic amines) is 1. The minimum Gasteiger partial charge on any atom is -0.387 e. The molecule has 0 bridgehead atoms. The van der Waals surface area contributed by atoms with Crippen LogP contribution in [-0.2, 0) is 0 Å². The molecule has 0 spiro atoms. The molecular formula is C22H29N3O2. The number of anilines is 1. The Morgan fingerprint density at radius 3 is 2.74 bits per heavy atom. The van der Waals surface area contributed by atoms with Crippen molar-refractivity contribution in [2.24, 2.45) is 0 Å². The van der Waals surface area contributed by atoms with Gasteiger partial charge in [-0.25, -0.2) is 4.79 Å². The average molecular weight is 367 g/mol. The number of aryl methyl sites for hydroxylation is 1. The van der Waals surface area contributed by atoms with Crippen molar-refractivity contribution < 1.29 is 9.90 Å². The molecule has 1 aliphatic heterocycles. The van der Waals surface area contributed by atoms with E-state index in [1.807, 2.05) is 49.3 Å². The number of hydrogen-bond acceptors (Lipinski definition) is 3. The van der Waals surface area contributed by atoms with Gasteiger partial charge in [0.25, 0.3) is 0 Å². The Kier molecular flexibility index (Phi) is 5.82. The van der Waals surface area contributed by atoms with Gasteiger partial charge in [-0.15, -0.1) is 0 Å². The molecule has 2 aromatic rings. The Bertz CT molecular complexity index is 806. The number of benzene rings is 2. The van der Waals surface area contributed by atoms with Gasteiger partial charge in [0.15, 0.2) is 0 Å². The average Bonchev–Trinajstić information content (AvgIpc) is 2.61. The van der Waals surface area contributed by atoms with E-state index in [0.717, 1.165) is 29.7 Å². The summed E-state index contributed by atoms with van der Waals surface area (Å²) in [6.07, 6.45) is 1.53. The van der Waals surface area contributed by atoms with Gasteiger partial charge >= 0.3 is 6.03 Å². The maximum atomic E-state index is 12.7. The molecule has 144 valence electrons. The Morgan fingerprint density at radius 2 is 2.00 bits per heavy atom. The third-order valence-electron chi connectivity index (χ3n) is 5.02. The smallest absolute Gasteiger partial charge is 0.321 e. The number of carbonyl (C=O) groups excluding carboxylic acids is 1. The number of urea groups is 1. The van der Waals surface area contributed by atoms with Gasteiger partial charge in [-0.3, -0.25) is 0 Å². The summed E-state index contributed by atoms with van der Waals surface area (Å²) in [5.41, 5.74) is 3.36. The molecule has 1 unspecified atom stereocenters. The third kappa shape index (κ3) is 4.87. The lowest BCUT2D eigenvalue weighted by atomic mass is 9.92. The molecule has 5 nitrogen and oxygen atoms in total. The van der Waals surface area contributed by atoms with Crippen LogP contribution in [-0.4, -0.2) is 60.3 Å². The van der Waals surface area contributed by atoms with E-state index in [9.17, 15) is 9.90 Å². The van der Waals surface area contributed by atoms with Crippen LogP contribution in [0.4, 0.5) is 10.5 Å². The summed E-state index contributed by atoms with van der Waals surface area (Å²) >= 11 is 0. The number of rotatable bonds is 4. The van der Waals surface area contributed by atoms with E-state index in [1.165, 1.54) is 5.56 Å². The van der Waals surface area contributed by atoms with Crippen LogP contribution in [0.25, 0.3) is 11.1 Å². The van der Waals surface area contributed by atoms with E-state index in [1.54, 1.807) is 4.90 Å². The first-order valence-corrected chi connectivity index (χ1v) is 9.45. The van der Waals surface area contributed by atoms with Crippen molar-refractivity contribution in [3.8, 4) is 11.1 Å². The van der Waals surface area contributed by atoms with Crippen LogP contribution < -0.4 is 5.32 Å². The standard InChI is InChI=1S/C22H29N3O2/c1-17-8-4-5-11-20(17)18-9-6-10-19(14-18)23-21(26)25-13-7-12-22(27,16-25)15-24(2)3/h4-6,8-11,14,27H,7,12-13,15-16H2,1-3H3,(H,23,26). The molecule has 1 aliphatic rings. The van der Waals surface area contributed by atoms with E-state index >= 15 is 0 Å². The first-order chi connectivity index (χ1) is 12.9. The topological polar surface area (TPSA) is 55.8 Å². The van der Waals surface area contributed by atoms with Crippen LogP contribution in [0, 0.1) is 6.92 Å². The summed E-state index contributed by atoms with van der Waals surface area (Å²) in [6.45, 7) is 3.66. The number of piperidine rings is 1. The summed E-state index contributed by atoms with van der Waals surface area (Å²) in [6, 6.07) is 16.0. The molecule has 2 N–H and O–H groups in total. The van der Waals surface area contributed by atoms with Gasteiger partial charge < -0.3 is 20.2 Å². The van der Waals surface area contributed by atoms with Gasteiger partial charge in [0, 0.05) is 18.8 Å². The SMILES string of the molecule is Cc1ccccc1-c1cccc(NC(=O)N2CCCC(O)(CN(C)C)C2)c1. The molecule has 1 fully saturated rings. The number of likely N-dealkylation sites (N-methyl/N-ethyl adjacent to an activating group) is 1. The van der Waals surface area contributed by atoms with Crippen molar-refractivity contribution in [2.75, 3.05) is 39.0 Å². The quantitative estimate of drug-likeness (QED) is 0.868. The molecule has 0 aromatic heterocycles. The Balaban J connectivity index is 1.71. The van der Waals surface area contributed by atoms with Crippen LogP contribution in [0.5, 0.6) is 0 Å². The predicted octanol–water partition coefficient (Wildman–Crippen LogP) is 3.58. The number of amides is 2. The lowest BCUT2D eigenvalue weighted by Gasteiger charge is -2.40. The highest BCUT2D eigenvalue weighted by molar-refractivity contribution is 5.90. The minimum atomic E-state index is -0.845. The molecular weight excluding hydrogens is 338 g/mol. The van der Waals surface area contributed by atoms with Crippen LogP contribution in [0.15, 0.2) is 48.5 Å². The van der Waals surface area contributed by atoms with Crippen LogP contribution in [0.3, 0.4) is 0 Å². The highest BCUT2D eigenvalue weighted by Crippen LogP contribution is 2.26. The Labute approximate surface area is 161 Å². The lowest BCUT2D eigenvalue weighted by Crippen LogP contribution is -2.55. The number of aliphatic hydroxyl groups is 1. The molecule has 5 heteroatoms. The maximum absolute atomic E-state index is 12.7. The first kappa shape index (κ1) is 19.4. The molecule has 1 atom stereocenters. The number of nitrogens with one attached hydrogen (secondary N) is 1. The van der Waals surface area contributed by atoms with Gasteiger partial charge in [-0.05, 0) is 62.7 Å². The van der Waals surface area contributed by atoms with Gasteiger partial charge in [-0.1, -0.05) is 36.4 Å². The van der Waals surface area contributed by atoms with Gasteiger partial charge in [0.2, 0.25) is 0 Å². The number of carbonyl (C=O) groups is 1. The van der Waals surface area contributed by atoms with E-state index in [0.29, 0.717) is 19.6 Å². The predicted molar refractivity (Wildman–Crippen MR) is 110 cm³/mol. The molecule has 1 saturated heterocycles. The normalized spacial score (nSPS) is 20.0. The summed E-state index contributed by atoms with van der Waals surface area (Å²) < 4.78 is 0. The van der Waals surface area contributed by atoms with Crippen molar-refractivity contribution >= 4 is 11.7 Å². The van der Waals surface area contributed by atoms with Crippen molar-refractivity contribution in [1.29, 1.82) is 0 Å². The van der Waals surface area contributed by atoms with Crippen molar-refractivity contribution in [1.82, 2.24) is 9.80 Å². The second-order valence-electron chi connectivity index (χ2n) is 7.81. The monoisotopic (exact) mass is 367 g/mol.